The molecule has 1 aromatic rings. The predicted octanol–water partition coefficient (Wildman–Crippen LogP) is 2.73. The van der Waals surface area contributed by atoms with Gasteiger partial charge in [-0.15, -0.1) is 0 Å². The van der Waals surface area contributed by atoms with Crippen molar-refractivity contribution in [2.24, 2.45) is 5.14 Å². The molecule has 0 aliphatic rings. The van der Waals surface area contributed by atoms with E-state index < -0.39 is 15.7 Å². The van der Waals surface area contributed by atoms with Gasteiger partial charge in [0.05, 0.1) is 22.8 Å². The lowest BCUT2D eigenvalue weighted by Crippen LogP contribution is -2.33. The maximum absolute atomic E-state index is 11.6. The molecule has 1 rings (SSSR count). The van der Waals surface area contributed by atoms with Crippen LogP contribution in [0.4, 0.5) is 0 Å². The number of hydrogen-bond acceptors (Lipinski definition) is 2. The third kappa shape index (κ3) is 2.65. The quantitative estimate of drug-likeness (QED) is 0.912. The van der Waals surface area contributed by atoms with Crippen LogP contribution in [0.3, 0.4) is 0 Å². The molecule has 3 nitrogen and oxygen atoms in total. The van der Waals surface area contributed by atoms with Gasteiger partial charge in [0.2, 0.25) is 0 Å². The van der Waals surface area contributed by atoms with E-state index in [9.17, 15) is 4.21 Å². The molecule has 1 atom stereocenters. The van der Waals surface area contributed by atoms with Gasteiger partial charge >= 0.3 is 0 Å². The zero-order valence-electron chi connectivity index (χ0n) is 11.7. The molecule has 0 saturated carbocycles. The molecule has 1 unspecified atom stereocenters. The van der Waals surface area contributed by atoms with Crippen molar-refractivity contribution in [2.75, 3.05) is 7.11 Å². The number of benzene rings is 1. The van der Waals surface area contributed by atoms with Crippen LogP contribution in [0.1, 0.15) is 30.5 Å². The minimum absolute atomic E-state index is 0.687. The Kier molecular flexibility index (Phi) is 4.35. The normalized spacial score (nSPS) is 13.2. The molecule has 4 heteroatoms. The number of nitrogens with two attached hydrogens (primary N) is 1. The largest absolute Gasteiger partial charge is 0.496 e. The number of methoxy groups -OCH3 is 1. The molecule has 0 saturated heterocycles. The fraction of sp³-hybridized carbons (Fsp3) is 0.429. The molecular formula is C14H21NO2S. The van der Waals surface area contributed by atoms with Crippen LogP contribution in [0.2, 0.25) is 0 Å². The van der Waals surface area contributed by atoms with Gasteiger partial charge in [-0.2, -0.15) is 0 Å². The van der Waals surface area contributed by atoms with E-state index in [2.05, 4.69) is 12.6 Å². The summed E-state index contributed by atoms with van der Waals surface area (Å²) in [5, 5.41) is 5.55. The van der Waals surface area contributed by atoms with E-state index in [0.717, 1.165) is 28.0 Å². The number of aryl methyl sites for hydroxylation is 2. The van der Waals surface area contributed by atoms with Crippen molar-refractivity contribution in [3.63, 3.8) is 0 Å². The van der Waals surface area contributed by atoms with Crippen molar-refractivity contribution in [1.29, 1.82) is 0 Å². The van der Waals surface area contributed by atoms with E-state index in [1.807, 2.05) is 33.8 Å². The molecule has 0 fully saturated rings. The summed E-state index contributed by atoms with van der Waals surface area (Å²) in [6, 6.07) is 4.00. The monoisotopic (exact) mass is 267 g/mol. The first-order valence-electron chi connectivity index (χ1n) is 5.73. The third-order valence-corrected chi connectivity index (χ3v) is 4.45. The molecule has 0 aliphatic carbocycles. The fourth-order valence-electron chi connectivity index (χ4n) is 1.90. The van der Waals surface area contributed by atoms with Crippen LogP contribution in [0, 0.1) is 13.8 Å². The second-order valence-corrected chi connectivity index (χ2v) is 6.56. The SMILES string of the molecule is C=C(c1c(C)cc(C)cc1OC)C(C)(C)S(N)=O. The van der Waals surface area contributed by atoms with Gasteiger partial charge in [0.25, 0.3) is 0 Å². The van der Waals surface area contributed by atoms with Crippen LogP contribution in [-0.2, 0) is 11.0 Å². The van der Waals surface area contributed by atoms with Gasteiger partial charge in [-0.3, -0.25) is 5.14 Å². The Balaban J connectivity index is 3.42. The molecule has 0 amide bonds. The summed E-state index contributed by atoms with van der Waals surface area (Å²) in [5.41, 5.74) is 3.80. The Morgan fingerprint density at radius 1 is 1.39 bits per heavy atom. The van der Waals surface area contributed by atoms with Crippen molar-refractivity contribution in [3.8, 4) is 5.75 Å². The van der Waals surface area contributed by atoms with Crippen molar-refractivity contribution in [1.82, 2.24) is 0 Å². The minimum Gasteiger partial charge on any atom is -0.496 e. The van der Waals surface area contributed by atoms with E-state index in [0.29, 0.717) is 0 Å². The maximum atomic E-state index is 11.6. The molecule has 0 bridgehead atoms. The van der Waals surface area contributed by atoms with Crippen molar-refractivity contribution < 1.29 is 8.95 Å². The zero-order valence-corrected chi connectivity index (χ0v) is 12.5. The van der Waals surface area contributed by atoms with Gasteiger partial charge in [-0.05, 0) is 50.5 Å². The third-order valence-electron chi connectivity index (χ3n) is 3.20. The van der Waals surface area contributed by atoms with E-state index >= 15 is 0 Å². The molecule has 0 spiro atoms. The Hall–Kier alpha value is -1.13. The highest BCUT2D eigenvalue weighted by molar-refractivity contribution is 7.84. The van der Waals surface area contributed by atoms with Gasteiger partial charge in [-0.1, -0.05) is 12.6 Å². The van der Waals surface area contributed by atoms with E-state index in [4.69, 9.17) is 9.88 Å². The van der Waals surface area contributed by atoms with E-state index in [-0.39, 0.29) is 0 Å². The number of rotatable bonds is 4. The molecular weight excluding hydrogens is 246 g/mol. The average Bonchev–Trinajstić information content (AvgIpc) is 2.26. The molecule has 0 aliphatic heterocycles. The smallest absolute Gasteiger partial charge is 0.126 e. The summed E-state index contributed by atoms with van der Waals surface area (Å²) in [4.78, 5) is 0. The lowest BCUT2D eigenvalue weighted by molar-refractivity contribution is 0.412. The van der Waals surface area contributed by atoms with Crippen LogP contribution in [0.5, 0.6) is 5.75 Å². The highest BCUT2D eigenvalue weighted by Crippen LogP contribution is 2.37. The maximum Gasteiger partial charge on any atom is 0.126 e. The Morgan fingerprint density at radius 2 is 1.94 bits per heavy atom. The second kappa shape index (κ2) is 5.24. The van der Waals surface area contributed by atoms with E-state index in [1.165, 1.54) is 0 Å². The Labute approximate surface area is 112 Å². The van der Waals surface area contributed by atoms with Gasteiger partial charge < -0.3 is 4.74 Å². The first kappa shape index (κ1) is 14.9. The van der Waals surface area contributed by atoms with Gasteiger partial charge in [-0.25, -0.2) is 4.21 Å². The molecule has 0 aromatic heterocycles. The molecule has 0 heterocycles. The van der Waals surface area contributed by atoms with Crippen molar-refractivity contribution in [2.45, 2.75) is 32.4 Å². The highest BCUT2D eigenvalue weighted by atomic mass is 32.2. The number of hydrogen-bond donors (Lipinski definition) is 1. The van der Waals surface area contributed by atoms with Gasteiger partial charge in [0, 0.05) is 5.56 Å². The summed E-state index contributed by atoms with van der Waals surface area (Å²) in [5.74, 6) is 0.746. The van der Waals surface area contributed by atoms with Crippen LogP contribution < -0.4 is 9.88 Å². The fourth-order valence-corrected chi connectivity index (χ4v) is 2.24. The first-order chi connectivity index (χ1) is 8.21. The average molecular weight is 267 g/mol. The lowest BCUT2D eigenvalue weighted by Gasteiger charge is -2.27. The lowest BCUT2D eigenvalue weighted by atomic mass is 9.91. The summed E-state index contributed by atoms with van der Waals surface area (Å²) in [6.45, 7) is 11.7. The summed E-state index contributed by atoms with van der Waals surface area (Å²) in [6.07, 6.45) is 0. The molecule has 0 radical (unpaired) electrons. The summed E-state index contributed by atoms with van der Waals surface area (Å²) in [7, 11) is 0.137. The summed E-state index contributed by atoms with van der Waals surface area (Å²) >= 11 is 0. The van der Waals surface area contributed by atoms with Crippen LogP contribution in [-0.4, -0.2) is 16.1 Å². The van der Waals surface area contributed by atoms with Crippen LogP contribution >= 0.6 is 0 Å². The standard InChI is InChI=1S/C14H21NO2S/c1-9-7-10(2)13(12(8-9)17-6)11(3)14(4,5)18(15)16/h7-8H,3,15H2,1-2,4-6H3. The predicted molar refractivity (Wildman–Crippen MR) is 77.9 cm³/mol. The van der Waals surface area contributed by atoms with Crippen LogP contribution in [0.25, 0.3) is 5.57 Å². The topological polar surface area (TPSA) is 52.3 Å². The minimum atomic E-state index is -1.49. The van der Waals surface area contributed by atoms with Crippen molar-refractivity contribution in [3.05, 3.63) is 35.4 Å². The highest BCUT2D eigenvalue weighted by Gasteiger charge is 2.30. The van der Waals surface area contributed by atoms with Crippen molar-refractivity contribution >= 4 is 16.6 Å². The number of ether oxygens (including phenoxy) is 1. The summed E-state index contributed by atoms with van der Waals surface area (Å²) < 4.78 is 16.4. The molecule has 1 aromatic carbocycles. The molecule has 18 heavy (non-hydrogen) atoms. The molecule has 100 valence electrons. The van der Waals surface area contributed by atoms with Gasteiger partial charge in [0.15, 0.2) is 0 Å². The second-order valence-electron chi connectivity index (χ2n) is 4.95. The van der Waals surface area contributed by atoms with Gasteiger partial charge in [0.1, 0.15) is 5.75 Å². The molecule has 2 N–H and O–H groups in total. The first-order valence-corrected chi connectivity index (χ1v) is 6.94. The van der Waals surface area contributed by atoms with E-state index in [1.54, 1.807) is 7.11 Å². The van der Waals surface area contributed by atoms with Crippen LogP contribution in [0.15, 0.2) is 18.7 Å². The Morgan fingerprint density at radius 3 is 2.39 bits per heavy atom. The zero-order chi connectivity index (χ0) is 14.1. The Bertz CT molecular complexity index is 507.